The van der Waals surface area contributed by atoms with Gasteiger partial charge in [0.1, 0.15) is 0 Å². The minimum Gasteiger partial charge on any atom is -0.377 e. The quantitative estimate of drug-likeness (QED) is 0.558. The highest BCUT2D eigenvalue weighted by Gasteiger charge is 2.30. The number of carbonyl (C=O) groups is 2. The molecule has 0 unspecified atom stereocenters. The smallest absolute Gasteiger partial charge is 0.319 e. The molecule has 2 fully saturated rings. The first kappa shape index (κ1) is 23.5. The lowest BCUT2D eigenvalue weighted by Crippen LogP contribution is -2.44. The molecule has 0 spiro atoms. The molecule has 10 heteroatoms. The number of fused-ring (bicyclic) bond motifs is 1. The van der Waals surface area contributed by atoms with Crippen LogP contribution in [0.2, 0.25) is 0 Å². The summed E-state index contributed by atoms with van der Waals surface area (Å²) in [6.07, 6.45) is 2.10. The third-order valence-corrected chi connectivity index (χ3v) is 6.53. The van der Waals surface area contributed by atoms with Crippen LogP contribution in [0.3, 0.4) is 0 Å². The number of ether oxygens (including phenoxy) is 1. The zero-order chi connectivity index (χ0) is 24.4. The average molecular weight is 480 g/mol. The number of hydrogen-bond donors (Lipinski definition) is 3. The second kappa shape index (κ2) is 10.2. The molecule has 1 aliphatic carbocycles. The van der Waals surface area contributed by atoms with E-state index in [0.717, 1.165) is 47.6 Å². The van der Waals surface area contributed by atoms with Gasteiger partial charge in [0.05, 0.1) is 37.2 Å². The number of likely N-dealkylation sites (N-methyl/N-ethyl adjacent to an activating group) is 1. The van der Waals surface area contributed by atoms with Crippen LogP contribution in [0.4, 0.5) is 16.4 Å². The van der Waals surface area contributed by atoms with Gasteiger partial charge in [0.15, 0.2) is 0 Å². The van der Waals surface area contributed by atoms with E-state index < -0.39 is 0 Å². The van der Waals surface area contributed by atoms with Gasteiger partial charge in [-0.05, 0) is 38.8 Å². The van der Waals surface area contributed by atoms with Gasteiger partial charge in [-0.3, -0.25) is 9.69 Å². The molecule has 2 aromatic rings. The van der Waals surface area contributed by atoms with E-state index in [2.05, 4.69) is 32.7 Å². The number of aromatic nitrogens is 2. The van der Waals surface area contributed by atoms with E-state index in [-0.39, 0.29) is 18.0 Å². The van der Waals surface area contributed by atoms with Gasteiger partial charge in [0.2, 0.25) is 11.9 Å². The number of nitrogens with one attached hydrogen (secondary N) is 3. The lowest BCUT2D eigenvalue weighted by Gasteiger charge is -2.33. The van der Waals surface area contributed by atoms with E-state index in [4.69, 9.17) is 14.7 Å². The van der Waals surface area contributed by atoms with Crippen molar-refractivity contribution in [2.45, 2.75) is 51.9 Å². The third-order valence-electron chi connectivity index (χ3n) is 6.53. The highest BCUT2D eigenvalue weighted by atomic mass is 16.5. The number of hydrogen-bond acceptors (Lipinski definition) is 7. The van der Waals surface area contributed by atoms with Crippen LogP contribution < -0.4 is 20.9 Å². The normalized spacial score (nSPS) is 19.8. The average Bonchev–Trinajstić information content (AvgIpc) is 3.55. The van der Waals surface area contributed by atoms with Crippen molar-refractivity contribution in [3.05, 3.63) is 35.5 Å². The van der Waals surface area contributed by atoms with E-state index >= 15 is 0 Å². The largest absolute Gasteiger partial charge is 0.377 e. The molecule has 2 aliphatic heterocycles. The predicted molar refractivity (Wildman–Crippen MR) is 133 cm³/mol. The first-order chi connectivity index (χ1) is 17.0. The molecule has 35 heavy (non-hydrogen) atoms. The van der Waals surface area contributed by atoms with Crippen molar-refractivity contribution in [2.75, 3.05) is 43.1 Å². The minimum atomic E-state index is -0.173. The van der Waals surface area contributed by atoms with Crippen LogP contribution in [0, 0.1) is 0 Å². The lowest BCUT2D eigenvalue weighted by molar-refractivity contribution is -0.122. The van der Waals surface area contributed by atoms with Gasteiger partial charge in [-0.15, -0.1) is 0 Å². The molecule has 1 saturated carbocycles. The van der Waals surface area contributed by atoms with Crippen molar-refractivity contribution < 1.29 is 14.3 Å². The Morgan fingerprint density at radius 3 is 2.66 bits per heavy atom. The number of amides is 3. The molecule has 186 valence electrons. The summed E-state index contributed by atoms with van der Waals surface area (Å²) < 4.78 is 5.61. The molecule has 3 amide bonds. The Morgan fingerprint density at radius 2 is 1.94 bits per heavy atom. The highest BCUT2D eigenvalue weighted by Crippen LogP contribution is 2.33. The van der Waals surface area contributed by atoms with Gasteiger partial charge in [-0.1, -0.05) is 12.1 Å². The van der Waals surface area contributed by atoms with Crippen LogP contribution in [0.1, 0.15) is 37.9 Å². The zero-order valence-electron chi connectivity index (χ0n) is 20.3. The molecule has 1 atom stereocenters. The maximum Gasteiger partial charge on any atom is 0.319 e. The van der Waals surface area contributed by atoms with Gasteiger partial charge in [-0.2, -0.15) is 0 Å². The standard InChI is InChI=1S/C25H33N7O3/c1-3-26-22(33)14-31-12-20-21(13-31)29-24(32-10-11-35-15-16(32)2)30-23(20)17-4-6-18(7-5-17)27-25(34)28-19-8-9-19/h4-7,16,19H,3,8-15H2,1-2H3,(H,26,33)(H2,27,28,34)/t16-/m0/s1. The maximum atomic E-state index is 12.2. The molecule has 3 heterocycles. The van der Waals surface area contributed by atoms with Crippen molar-refractivity contribution in [3.63, 3.8) is 0 Å². The van der Waals surface area contributed by atoms with E-state index in [9.17, 15) is 9.59 Å². The maximum absolute atomic E-state index is 12.2. The second-order valence-corrected chi connectivity index (χ2v) is 9.46. The molecule has 0 radical (unpaired) electrons. The van der Waals surface area contributed by atoms with Crippen LogP contribution >= 0.6 is 0 Å². The fourth-order valence-electron chi connectivity index (χ4n) is 4.56. The molecule has 10 nitrogen and oxygen atoms in total. The Balaban J connectivity index is 1.41. The number of urea groups is 1. The Hall–Kier alpha value is -3.24. The highest BCUT2D eigenvalue weighted by molar-refractivity contribution is 5.90. The second-order valence-electron chi connectivity index (χ2n) is 9.46. The van der Waals surface area contributed by atoms with Crippen molar-refractivity contribution in [3.8, 4) is 11.3 Å². The topological polar surface area (TPSA) is 112 Å². The zero-order valence-corrected chi connectivity index (χ0v) is 20.3. The molecular weight excluding hydrogens is 446 g/mol. The lowest BCUT2D eigenvalue weighted by atomic mass is 10.1. The summed E-state index contributed by atoms with van der Waals surface area (Å²) in [7, 11) is 0. The molecule has 3 aliphatic rings. The molecule has 1 aromatic carbocycles. The Bertz CT molecular complexity index is 1090. The van der Waals surface area contributed by atoms with E-state index in [1.807, 2.05) is 31.2 Å². The Labute approximate surface area is 205 Å². The van der Waals surface area contributed by atoms with Crippen molar-refractivity contribution >= 4 is 23.6 Å². The molecular formula is C25H33N7O3. The summed E-state index contributed by atoms with van der Waals surface area (Å²) in [4.78, 5) is 38.5. The van der Waals surface area contributed by atoms with Crippen molar-refractivity contribution in [1.82, 2.24) is 25.5 Å². The fourth-order valence-corrected chi connectivity index (χ4v) is 4.56. The van der Waals surface area contributed by atoms with Crippen LogP contribution in [-0.4, -0.2) is 71.7 Å². The van der Waals surface area contributed by atoms with Gasteiger partial charge in [0, 0.05) is 49.0 Å². The molecule has 1 aromatic heterocycles. The first-order valence-corrected chi connectivity index (χ1v) is 12.4. The van der Waals surface area contributed by atoms with E-state index in [1.165, 1.54) is 0 Å². The summed E-state index contributed by atoms with van der Waals surface area (Å²) in [5.41, 5.74) is 4.57. The SMILES string of the molecule is CCNC(=O)CN1Cc2nc(N3CCOC[C@@H]3C)nc(-c3ccc(NC(=O)NC4CC4)cc3)c2C1. The number of benzene rings is 1. The molecule has 0 bridgehead atoms. The van der Waals surface area contributed by atoms with Crippen molar-refractivity contribution in [2.24, 2.45) is 0 Å². The van der Waals surface area contributed by atoms with Crippen LogP contribution in [-0.2, 0) is 22.6 Å². The third kappa shape index (κ3) is 5.54. The molecule has 3 N–H and O–H groups in total. The molecule has 1 saturated heterocycles. The van der Waals surface area contributed by atoms with E-state index in [0.29, 0.717) is 51.4 Å². The number of carbonyl (C=O) groups excluding carboxylic acids is 2. The van der Waals surface area contributed by atoms with Gasteiger partial charge < -0.3 is 25.6 Å². The molecule has 5 rings (SSSR count). The first-order valence-electron chi connectivity index (χ1n) is 12.4. The van der Waals surface area contributed by atoms with Crippen LogP contribution in [0.25, 0.3) is 11.3 Å². The predicted octanol–water partition coefficient (Wildman–Crippen LogP) is 2.10. The van der Waals surface area contributed by atoms with Crippen LogP contribution in [0.5, 0.6) is 0 Å². The van der Waals surface area contributed by atoms with Gasteiger partial charge in [0.25, 0.3) is 0 Å². The summed E-state index contributed by atoms with van der Waals surface area (Å²) in [6.45, 7) is 8.22. The summed E-state index contributed by atoms with van der Waals surface area (Å²) in [6, 6.07) is 8.07. The fraction of sp³-hybridized carbons (Fsp3) is 0.520. The number of morpholine rings is 1. The van der Waals surface area contributed by atoms with Crippen molar-refractivity contribution in [1.29, 1.82) is 0 Å². The van der Waals surface area contributed by atoms with Gasteiger partial charge in [-0.25, -0.2) is 14.8 Å². The number of rotatable bonds is 7. The summed E-state index contributed by atoms with van der Waals surface area (Å²) in [5, 5.41) is 8.70. The number of nitrogens with zero attached hydrogens (tertiary/aromatic N) is 4. The van der Waals surface area contributed by atoms with Gasteiger partial charge >= 0.3 is 6.03 Å². The Morgan fingerprint density at radius 1 is 1.14 bits per heavy atom. The number of anilines is 2. The summed E-state index contributed by atoms with van der Waals surface area (Å²) >= 11 is 0. The monoisotopic (exact) mass is 479 g/mol. The summed E-state index contributed by atoms with van der Waals surface area (Å²) in [5.74, 6) is 0.706. The minimum absolute atomic E-state index is 0.0109. The Kier molecular flexibility index (Phi) is 6.83. The van der Waals surface area contributed by atoms with E-state index in [1.54, 1.807) is 0 Å². The van der Waals surface area contributed by atoms with Crippen LogP contribution in [0.15, 0.2) is 24.3 Å².